The van der Waals surface area contributed by atoms with E-state index >= 15 is 0 Å². The Hall–Kier alpha value is -1.92. The van der Waals surface area contributed by atoms with Crippen molar-refractivity contribution in [1.29, 1.82) is 0 Å². The fraction of sp³-hybridized carbons (Fsp3) is 0.500. The van der Waals surface area contributed by atoms with Gasteiger partial charge in [0.05, 0.1) is 24.9 Å². The quantitative estimate of drug-likeness (QED) is 0.814. The Morgan fingerprint density at radius 3 is 2.92 bits per heavy atom. The van der Waals surface area contributed by atoms with E-state index in [0.717, 1.165) is 37.6 Å². The first-order chi connectivity index (χ1) is 11.6. The highest BCUT2D eigenvalue weighted by atomic mass is 19.1. The summed E-state index contributed by atoms with van der Waals surface area (Å²) < 4.78 is 26.9. The molecule has 1 atom stereocenters. The van der Waals surface area contributed by atoms with Gasteiger partial charge in [0, 0.05) is 25.3 Å². The molecule has 1 aliphatic heterocycles. The Morgan fingerprint density at radius 1 is 1.33 bits per heavy atom. The van der Waals surface area contributed by atoms with Crippen molar-refractivity contribution in [3.8, 4) is 5.75 Å². The molecule has 5 nitrogen and oxygen atoms in total. The topological polar surface area (TPSA) is 39.5 Å². The molecule has 0 bridgehead atoms. The highest BCUT2D eigenvalue weighted by Crippen LogP contribution is 2.15. The van der Waals surface area contributed by atoms with Crippen LogP contribution in [0.2, 0.25) is 0 Å². The first-order valence-electron chi connectivity index (χ1n) is 8.34. The molecule has 6 heteroatoms. The van der Waals surface area contributed by atoms with Crippen molar-refractivity contribution in [1.82, 2.24) is 14.7 Å². The molecule has 0 spiro atoms. The lowest BCUT2D eigenvalue weighted by atomic mass is 10.2. The van der Waals surface area contributed by atoms with E-state index in [2.05, 4.69) is 23.0 Å². The maximum absolute atomic E-state index is 13.5. The van der Waals surface area contributed by atoms with Gasteiger partial charge in [0.15, 0.2) is 11.6 Å². The van der Waals surface area contributed by atoms with Crippen LogP contribution in [0.15, 0.2) is 30.3 Å². The van der Waals surface area contributed by atoms with Gasteiger partial charge in [-0.3, -0.25) is 9.58 Å². The lowest BCUT2D eigenvalue weighted by Crippen LogP contribution is -2.45. The number of halogens is 1. The maximum Gasteiger partial charge on any atom is 0.165 e. The number of nitrogens with zero attached hydrogens (tertiary/aromatic N) is 3. The van der Waals surface area contributed by atoms with Crippen molar-refractivity contribution >= 4 is 0 Å². The molecule has 2 aromatic rings. The van der Waals surface area contributed by atoms with Crippen LogP contribution in [0.5, 0.6) is 5.75 Å². The number of rotatable bonds is 6. The summed E-state index contributed by atoms with van der Waals surface area (Å²) in [4.78, 5) is 2.29. The van der Waals surface area contributed by atoms with Crippen LogP contribution in [0.4, 0.5) is 4.39 Å². The minimum Gasteiger partial charge on any atom is -0.489 e. The summed E-state index contributed by atoms with van der Waals surface area (Å²) >= 11 is 0. The van der Waals surface area contributed by atoms with E-state index in [-0.39, 0.29) is 11.9 Å². The van der Waals surface area contributed by atoms with Crippen molar-refractivity contribution < 1.29 is 13.9 Å². The standard InChI is InChI=1S/C18H24FN3O2/c1-14-11-15(2)22(20-14)13-16-12-21(7-9-23-16)8-10-24-18-6-4-3-5-17(18)19/h3-6,11,16H,7-10,12-13H2,1-2H3/t16-/m1/s1. The Balaban J connectivity index is 1.47. The van der Waals surface area contributed by atoms with Gasteiger partial charge in [0.25, 0.3) is 0 Å². The average Bonchev–Trinajstić information content (AvgIpc) is 2.87. The summed E-state index contributed by atoms with van der Waals surface area (Å²) in [5.74, 6) is -0.00756. The van der Waals surface area contributed by atoms with Crippen LogP contribution in [0.1, 0.15) is 11.4 Å². The lowest BCUT2D eigenvalue weighted by Gasteiger charge is -2.32. The number of para-hydroxylation sites is 1. The third kappa shape index (κ3) is 4.33. The molecule has 0 N–H and O–H groups in total. The predicted molar refractivity (Wildman–Crippen MR) is 89.8 cm³/mol. The van der Waals surface area contributed by atoms with Crippen LogP contribution in [-0.2, 0) is 11.3 Å². The van der Waals surface area contributed by atoms with E-state index in [1.165, 1.54) is 6.07 Å². The third-order valence-corrected chi connectivity index (χ3v) is 4.20. The zero-order chi connectivity index (χ0) is 16.9. The number of hydrogen-bond acceptors (Lipinski definition) is 4. The Labute approximate surface area is 142 Å². The molecular formula is C18H24FN3O2. The number of hydrogen-bond donors (Lipinski definition) is 0. The highest BCUT2D eigenvalue weighted by Gasteiger charge is 2.21. The maximum atomic E-state index is 13.5. The second-order valence-corrected chi connectivity index (χ2v) is 6.18. The molecule has 0 aliphatic carbocycles. The Morgan fingerprint density at radius 2 is 2.17 bits per heavy atom. The number of morpholine rings is 1. The van der Waals surface area contributed by atoms with E-state index < -0.39 is 0 Å². The first-order valence-corrected chi connectivity index (χ1v) is 8.34. The van der Waals surface area contributed by atoms with Crippen molar-refractivity contribution in [2.75, 3.05) is 32.8 Å². The summed E-state index contributed by atoms with van der Waals surface area (Å²) in [6, 6.07) is 8.57. The number of aryl methyl sites for hydroxylation is 2. The minimum atomic E-state index is -0.318. The monoisotopic (exact) mass is 333 g/mol. The molecular weight excluding hydrogens is 309 g/mol. The van der Waals surface area contributed by atoms with Crippen LogP contribution < -0.4 is 4.74 Å². The molecule has 130 valence electrons. The molecule has 1 aromatic carbocycles. The molecule has 1 saturated heterocycles. The lowest BCUT2D eigenvalue weighted by molar-refractivity contribution is -0.0404. The van der Waals surface area contributed by atoms with E-state index in [1.54, 1.807) is 18.2 Å². The van der Waals surface area contributed by atoms with Crippen LogP contribution in [0, 0.1) is 19.7 Å². The first kappa shape index (κ1) is 16.9. The van der Waals surface area contributed by atoms with Crippen LogP contribution in [0.25, 0.3) is 0 Å². The Bertz CT molecular complexity index is 674. The number of aromatic nitrogens is 2. The normalized spacial score (nSPS) is 18.7. The van der Waals surface area contributed by atoms with Crippen molar-refractivity contribution in [2.24, 2.45) is 0 Å². The van der Waals surface area contributed by atoms with Gasteiger partial charge in [0.2, 0.25) is 0 Å². The van der Waals surface area contributed by atoms with Crippen molar-refractivity contribution in [3.05, 3.63) is 47.5 Å². The second kappa shape index (κ2) is 7.77. The van der Waals surface area contributed by atoms with Crippen molar-refractivity contribution in [3.63, 3.8) is 0 Å². The fourth-order valence-electron chi connectivity index (χ4n) is 2.99. The summed E-state index contributed by atoms with van der Waals surface area (Å²) in [6.07, 6.45) is 0.116. The van der Waals surface area contributed by atoms with Gasteiger partial charge in [-0.2, -0.15) is 5.10 Å². The van der Waals surface area contributed by atoms with Gasteiger partial charge >= 0.3 is 0 Å². The van der Waals surface area contributed by atoms with Gasteiger partial charge in [0.1, 0.15) is 6.61 Å². The van der Waals surface area contributed by atoms with Crippen molar-refractivity contribution in [2.45, 2.75) is 26.5 Å². The molecule has 24 heavy (non-hydrogen) atoms. The smallest absolute Gasteiger partial charge is 0.165 e. The van der Waals surface area contributed by atoms with E-state index in [0.29, 0.717) is 19.0 Å². The van der Waals surface area contributed by atoms with E-state index in [1.807, 2.05) is 11.6 Å². The SMILES string of the molecule is Cc1cc(C)n(C[C@H]2CN(CCOc3ccccc3F)CCO2)n1. The molecule has 0 amide bonds. The van der Waals surface area contributed by atoms with Crippen LogP contribution >= 0.6 is 0 Å². The average molecular weight is 333 g/mol. The highest BCUT2D eigenvalue weighted by molar-refractivity contribution is 5.23. The molecule has 2 heterocycles. The molecule has 1 aromatic heterocycles. The minimum absolute atomic E-state index is 0.116. The van der Waals surface area contributed by atoms with E-state index in [4.69, 9.17) is 9.47 Å². The number of benzene rings is 1. The van der Waals surface area contributed by atoms with E-state index in [9.17, 15) is 4.39 Å². The van der Waals surface area contributed by atoms with Gasteiger partial charge in [-0.05, 0) is 32.0 Å². The molecule has 0 radical (unpaired) electrons. The molecule has 3 rings (SSSR count). The molecule has 1 aliphatic rings. The summed E-state index contributed by atoms with van der Waals surface area (Å²) in [6.45, 7) is 8.43. The Kier molecular flexibility index (Phi) is 5.48. The zero-order valence-corrected chi connectivity index (χ0v) is 14.2. The van der Waals surface area contributed by atoms with Crippen LogP contribution in [0.3, 0.4) is 0 Å². The summed E-state index contributed by atoms with van der Waals surface area (Å²) in [5, 5.41) is 4.49. The van der Waals surface area contributed by atoms with Gasteiger partial charge in [-0.15, -0.1) is 0 Å². The second-order valence-electron chi connectivity index (χ2n) is 6.18. The summed E-state index contributed by atoms with van der Waals surface area (Å²) in [5.41, 5.74) is 2.18. The van der Waals surface area contributed by atoms with Gasteiger partial charge in [-0.1, -0.05) is 12.1 Å². The van der Waals surface area contributed by atoms with Crippen LogP contribution in [-0.4, -0.2) is 53.6 Å². The van der Waals surface area contributed by atoms with Gasteiger partial charge in [-0.25, -0.2) is 4.39 Å². The summed E-state index contributed by atoms with van der Waals surface area (Å²) in [7, 11) is 0. The fourth-order valence-corrected chi connectivity index (χ4v) is 2.99. The largest absolute Gasteiger partial charge is 0.489 e. The number of ether oxygens (including phenoxy) is 2. The third-order valence-electron chi connectivity index (χ3n) is 4.20. The predicted octanol–water partition coefficient (Wildman–Crippen LogP) is 2.42. The molecule has 0 unspecified atom stereocenters. The molecule has 0 saturated carbocycles. The van der Waals surface area contributed by atoms with Gasteiger partial charge < -0.3 is 9.47 Å². The molecule has 1 fully saturated rings. The zero-order valence-electron chi connectivity index (χ0n) is 14.2.